The number of nitrogens with one attached hydrogen (secondary N) is 1. The molecule has 1 unspecified atom stereocenters. The molecule has 1 atom stereocenters. The Morgan fingerprint density at radius 1 is 1.15 bits per heavy atom. The fraction of sp³-hybridized carbons (Fsp3) is 0.200. The molecule has 106 valence electrons. The minimum absolute atomic E-state index is 0.287. The Morgan fingerprint density at radius 3 is 2.50 bits per heavy atom. The van der Waals surface area contributed by atoms with E-state index in [4.69, 9.17) is 16.3 Å². The fourth-order valence-electron chi connectivity index (χ4n) is 1.95. The largest absolute Gasteiger partial charge is 0.497 e. The van der Waals surface area contributed by atoms with Gasteiger partial charge in [-0.25, -0.2) is 8.78 Å². The van der Waals surface area contributed by atoms with Crippen LogP contribution >= 0.6 is 11.6 Å². The second-order valence-corrected chi connectivity index (χ2v) is 4.85. The normalized spacial score (nSPS) is 12.1. The van der Waals surface area contributed by atoms with Crippen LogP contribution in [0.1, 0.15) is 18.5 Å². The number of halogens is 3. The third-order valence-corrected chi connectivity index (χ3v) is 3.14. The molecular formula is C15H14ClF2NO. The molecule has 0 amide bonds. The summed E-state index contributed by atoms with van der Waals surface area (Å²) in [6.07, 6.45) is 0. The Balaban J connectivity index is 2.21. The lowest BCUT2D eigenvalue weighted by atomic mass is 10.1. The third kappa shape index (κ3) is 3.39. The SMILES string of the molecule is COc1ccc(C(C)Nc2cc(F)cc(Cl)c2)c(F)c1. The molecule has 0 aliphatic rings. The monoisotopic (exact) mass is 297 g/mol. The Kier molecular flexibility index (Phi) is 4.45. The van der Waals surface area contributed by atoms with E-state index in [1.165, 1.54) is 25.3 Å². The summed E-state index contributed by atoms with van der Waals surface area (Å²) in [7, 11) is 1.48. The molecule has 0 bridgehead atoms. The number of anilines is 1. The van der Waals surface area contributed by atoms with Gasteiger partial charge in [-0.3, -0.25) is 0 Å². The maximum atomic E-state index is 13.9. The summed E-state index contributed by atoms with van der Waals surface area (Å²) >= 11 is 5.78. The first-order chi connectivity index (χ1) is 9.49. The first-order valence-electron chi connectivity index (χ1n) is 6.05. The number of methoxy groups -OCH3 is 1. The van der Waals surface area contributed by atoms with E-state index in [0.717, 1.165) is 0 Å². The van der Waals surface area contributed by atoms with Crippen molar-refractivity contribution in [1.29, 1.82) is 0 Å². The van der Waals surface area contributed by atoms with E-state index in [-0.39, 0.29) is 16.9 Å². The van der Waals surface area contributed by atoms with Crippen LogP contribution in [0.2, 0.25) is 5.02 Å². The van der Waals surface area contributed by atoms with Crippen molar-refractivity contribution in [2.45, 2.75) is 13.0 Å². The Bertz CT molecular complexity index is 599. The summed E-state index contributed by atoms with van der Waals surface area (Å²) in [5, 5.41) is 3.30. The van der Waals surface area contributed by atoms with Crippen molar-refractivity contribution in [1.82, 2.24) is 0 Å². The van der Waals surface area contributed by atoms with E-state index < -0.39 is 5.82 Å². The van der Waals surface area contributed by atoms with Gasteiger partial charge >= 0.3 is 0 Å². The van der Waals surface area contributed by atoms with Crippen LogP contribution in [0.25, 0.3) is 0 Å². The highest BCUT2D eigenvalue weighted by atomic mass is 35.5. The van der Waals surface area contributed by atoms with Crippen molar-refractivity contribution in [3.05, 3.63) is 58.6 Å². The molecule has 0 radical (unpaired) electrons. The van der Waals surface area contributed by atoms with Gasteiger partial charge in [-0.1, -0.05) is 17.7 Å². The van der Waals surface area contributed by atoms with Gasteiger partial charge in [-0.15, -0.1) is 0 Å². The second-order valence-electron chi connectivity index (χ2n) is 4.41. The number of rotatable bonds is 4. The first-order valence-corrected chi connectivity index (χ1v) is 6.43. The molecule has 0 heterocycles. The van der Waals surface area contributed by atoms with Crippen LogP contribution in [0, 0.1) is 11.6 Å². The minimum Gasteiger partial charge on any atom is -0.497 e. The Hall–Kier alpha value is -1.81. The quantitative estimate of drug-likeness (QED) is 0.875. The second kappa shape index (κ2) is 6.09. The van der Waals surface area contributed by atoms with E-state index in [9.17, 15) is 8.78 Å². The predicted molar refractivity (Wildman–Crippen MR) is 76.4 cm³/mol. The Morgan fingerprint density at radius 2 is 1.90 bits per heavy atom. The number of hydrogen-bond donors (Lipinski definition) is 1. The van der Waals surface area contributed by atoms with E-state index in [2.05, 4.69) is 5.32 Å². The molecule has 0 saturated carbocycles. The van der Waals surface area contributed by atoms with Gasteiger partial charge in [0.15, 0.2) is 0 Å². The van der Waals surface area contributed by atoms with Gasteiger partial charge < -0.3 is 10.1 Å². The van der Waals surface area contributed by atoms with Gasteiger partial charge in [0.1, 0.15) is 17.4 Å². The molecule has 0 aromatic heterocycles. The summed E-state index contributed by atoms with van der Waals surface area (Å²) in [4.78, 5) is 0. The van der Waals surface area contributed by atoms with Gasteiger partial charge in [-0.05, 0) is 31.2 Å². The lowest BCUT2D eigenvalue weighted by molar-refractivity contribution is 0.410. The van der Waals surface area contributed by atoms with Crippen LogP contribution in [-0.4, -0.2) is 7.11 Å². The van der Waals surface area contributed by atoms with Gasteiger partial charge in [0.05, 0.1) is 13.2 Å². The van der Waals surface area contributed by atoms with Crippen molar-refractivity contribution in [3.63, 3.8) is 0 Å². The first kappa shape index (κ1) is 14.6. The molecular weight excluding hydrogens is 284 g/mol. The van der Waals surface area contributed by atoms with E-state index in [0.29, 0.717) is 17.0 Å². The van der Waals surface area contributed by atoms with Crippen molar-refractivity contribution in [3.8, 4) is 5.75 Å². The Labute approximate surface area is 121 Å². The summed E-state index contributed by atoms with van der Waals surface area (Å²) in [5.41, 5.74) is 0.962. The zero-order valence-corrected chi connectivity index (χ0v) is 11.8. The summed E-state index contributed by atoms with van der Waals surface area (Å²) in [6, 6.07) is 8.39. The average molecular weight is 298 g/mol. The molecule has 2 aromatic carbocycles. The highest BCUT2D eigenvalue weighted by Gasteiger charge is 2.12. The van der Waals surface area contributed by atoms with Crippen molar-refractivity contribution in [2.24, 2.45) is 0 Å². The maximum Gasteiger partial charge on any atom is 0.132 e. The lowest BCUT2D eigenvalue weighted by Crippen LogP contribution is -2.09. The standard InChI is InChI=1S/C15H14ClF2NO/c1-9(14-4-3-13(20-2)8-15(14)18)19-12-6-10(16)5-11(17)7-12/h3-9,19H,1-2H3. The molecule has 0 saturated heterocycles. The van der Waals surface area contributed by atoms with Gasteiger partial charge in [0.2, 0.25) is 0 Å². The molecule has 2 rings (SSSR count). The van der Waals surface area contributed by atoms with E-state index in [1.807, 2.05) is 0 Å². The van der Waals surface area contributed by atoms with Crippen LogP contribution in [0.3, 0.4) is 0 Å². The molecule has 1 N–H and O–H groups in total. The highest BCUT2D eigenvalue weighted by Crippen LogP contribution is 2.26. The predicted octanol–water partition coefficient (Wildman–Crippen LogP) is 4.80. The molecule has 0 aliphatic heterocycles. The van der Waals surface area contributed by atoms with Crippen LogP contribution < -0.4 is 10.1 Å². The molecule has 0 spiro atoms. The van der Waals surface area contributed by atoms with Crippen molar-refractivity contribution < 1.29 is 13.5 Å². The fourth-order valence-corrected chi connectivity index (χ4v) is 2.17. The van der Waals surface area contributed by atoms with Gasteiger partial charge in [0, 0.05) is 22.3 Å². The lowest BCUT2D eigenvalue weighted by Gasteiger charge is -2.17. The van der Waals surface area contributed by atoms with Gasteiger partial charge in [-0.2, -0.15) is 0 Å². The topological polar surface area (TPSA) is 21.3 Å². The van der Waals surface area contributed by atoms with Crippen molar-refractivity contribution in [2.75, 3.05) is 12.4 Å². The highest BCUT2D eigenvalue weighted by molar-refractivity contribution is 6.30. The average Bonchev–Trinajstić information content (AvgIpc) is 2.36. The van der Waals surface area contributed by atoms with Crippen molar-refractivity contribution >= 4 is 17.3 Å². The zero-order valence-electron chi connectivity index (χ0n) is 11.1. The minimum atomic E-state index is -0.442. The van der Waals surface area contributed by atoms with Gasteiger partial charge in [0.25, 0.3) is 0 Å². The molecule has 20 heavy (non-hydrogen) atoms. The summed E-state index contributed by atoms with van der Waals surface area (Å²) < 4.78 is 32.1. The summed E-state index contributed by atoms with van der Waals surface area (Å²) in [6.45, 7) is 1.78. The number of benzene rings is 2. The smallest absolute Gasteiger partial charge is 0.132 e. The van der Waals surface area contributed by atoms with Crippen LogP contribution in [0.15, 0.2) is 36.4 Å². The van der Waals surface area contributed by atoms with E-state index in [1.54, 1.807) is 25.1 Å². The molecule has 0 fully saturated rings. The third-order valence-electron chi connectivity index (χ3n) is 2.92. The zero-order chi connectivity index (χ0) is 14.7. The summed E-state index contributed by atoms with van der Waals surface area (Å²) in [5.74, 6) is -0.374. The van der Waals surface area contributed by atoms with Crippen LogP contribution in [-0.2, 0) is 0 Å². The molecule has 5 heteroatoms. The van der Waals surface area contributed by atoms with Crippen LogP contribution in [0.5, 0.6) is 5.75 Å². The van der Waals surface area contributed by atoms with Crippen LogP contribution in [0.4, 0.5) is 14.5 Å². The number of ether oxygens (including phenoxy) is 1. The molecule has 2 aromatic rings. The maximum absolute atomic E-state index is 13.9. The molecule has 0 aliphatic carbocycles. The van der Waals surface area contributed by atoms with E-state index >= 15 is 0 Å². The molecule has 2 nitrogen and oxygen atoms in total. The number of hydrogen-bond acceptors (Lipinski definition) is 2.